The predicted octanol–water partition coefficient (Wildman–Crippen LogP) is 3.22. The molecule has 25 heavy (non-hydrogen) atoms. The number of hydrogen-bond donors (Lipinski definition) is 0. The molecule has 0 fully saturated rings. The molecule has 0 bridgehead atoms. The topological polar surface area (TPSA) is 43.2 Å². The van der Waals surface area contributed by atoms with E-state index in [1.807, 2.05) is 23.7 Å². The van der Waals surface area contributed by atoms with Crippen molar-refractivity contribution in [1.82, 2.24) is 19.7 Å². The van der Waals surface area contributed by atoms with Gasteiger partial charge in [-0.3, -0.25) is 9.88 Å². The second-order valence-corrected chi connectivity index (χ2v) is 6.23. The van der Waals surface area contributed by atoms with Crippen LogP contribution in [0.1, 0.15) is 23.7 Å². The van der Waals surface area contributed by atoms with Crippen molar-refractivity contribution in [3.8, 4) is 11.6 Å². The summed E-state index contributed by atoms with van der Waals surface area (Å²) >= 11 is 0. The first-order chi connectivity index (χ1) is 12.3. The van der Waals surface area contributed by atoms with E-state index in [9.17, 15) is 0 Å². The summed E-state index contributed by atoms with van der Waals surface area (Å²) in [5.74, 6) is 0.757. The van der Waals surface area contributed by atoms with Gasteiger partial charge in [-0.1, -0.05) is 30.3 Å². The number of pyridine rings is 1. The maximum Gasteiger partial charge on any atom is 0.238 e. The molecule has 0 amide bonds. The third kappa shape index (κ3) is 3.28. The van der Waals surface area contributed by atoms with Gasteiger partial charge in [0, 0.05) is 38.4 Å². The maximum atomic E-state index is 5.83. The predicted molar refractivity (Wildman–Crippen MR) is 96.8 cm³/mol. The van der Waals surface area contributed by atoms with Gasteiger partial charge >= 0.3 is 0 Å². The van der Waals surface area contributed by atoms with Crippen LogP contribution in [0.3, 0.4) is 0 Å². The molecule has 1 aliphatic heterocycles. The lowest BCUT2D eigenvalue weighted by atomic mass is 10.1. The minimum atomic E-state index is 0.623. The third-order valence-corrected chi connectivity index (χ3v) is 4.54. The van der Waals surface area contributed by atoms with E-state index in [-0.39, 0.29) is 0 Å². The highest BCUT2D eigenvalue weighted by Crippen LogP contribution is 2.30. The second kappa shape index (κ2) is 7.07. The Morgan fingerprint density at radius 1 is 1.08 bits per heavy atom. The van der Waals surface area contributed by atoms with E-state index in [4.69, 9.17) is 9.84 Å². The molecule has 5 heteroatoms. The van der Waals surface area contributed by atoms with Crippen molar-refractivity contribution in [2.45, 2.75) is 26.4 Å². The van der Waals surface area contributed by atoms with Gasteiger partial charge in [0.2, 0.25) is 5.88 Å². The number of fused-ring (bicyclic) bond motifs is 1. The Bertz CT molecular complexity index is 830. The van der Waals surface area contributed by atoms with Crippen molar-refractivity contribution >= 4 is 0 Å². The molecule has 4 rings (SSSR count). The van der Waals surface area contributed by atoms with Crippen LogP contribution < -0.4 is 4.74 Å². The molecular weight excluding hydrogens is 312 g/mol. The first-order valence-corrected chi connectivity index (χ1v) is 8.75. The Labute approximate surface area is 147 Å². The van der Waals surface area contributed by atoms with Gasteiger partial charge in [-0.2, -0.15) is 0 Å². The minimum absolute atomic E-state index is 0.623. The average Bonchev–Trinajstić information content (AvgIpc) is 3.02. The standard InChI is InChI=1S/C20H22N4O/c1-2-25-20-18-15-23(14-16-6-4-3-5-7-16)13-10-19(18)24(22-20)17-8-11-21-12-9-17/h3-9,11-12H,2,10,13-15H2,1H3. The monoisotopic (exact) mass is 334 g/mol. The van der Waals surface area contributed by atoms with E-state index in [2.05, 4.69) is 40.2 Å². The summed E-state index contributed by atoms with van der Waals surface area (Å²) in [4.78, 5) is 6.56. The largest absolute Gasteiger partial charge is 0.477 e. The van der Waals surface area contributed by atoms with Gasteiger partial charge in [0.05, 0.1) is 23.6 Å². The molecule has 2 aromatic heterocycles. The maximum absolute atomic E-state index is 5.83. The van der Waals surface area contributed by atoms with Crippen LogP contribution in [0.15, 0.2) is 54.9 Å². The highest BCUT2D eigenvalue weighted by molar-refractivity contribution is 5.40. The van der Waals surface area contributed by atoms with E-state index in [0.29, 0.717) is 6.61 Å². The summed E-state index contributed by atoms with van der Waals surface area (Å²) in [6.45, 7) is 5.46. The number of rotatable bonds is 5. The van der Waals surface area contributed by atoms with Crippen LogP contribution >= 0.6 is 0 Å². The number of nitrogens with zero attached hydrogens (tertiary/aromatic N) is 4. The summed E-state index contributed by atoms with van der Waals surface area (Å²) < 4.78 is 7.85. The molecule has 0 unspecified atom stereocenters. The first kappa shape index (κ1) is 15.8. The Hall–Kier alpha value is -2.66. The van der Waals surface area contributed by atoms with Gasteiger partial charge in [-0.25, -0.2) is 4.68 Å². The summed E-state index contributed by atoms with van der Waals surface area (Å²) in [5, 5.41) is 4.73. The number of benzene rings is 1. The normalized spacial score (nSPS) is 14.3. The Morgan fingerprint density at radius 3 is 2.64 bits per heavy atom. The lowest BCUT2D eigenvalue weighted by molar-refractivity contribution is 0.236. The van der Waals surface area contributed by atoms with Crippen LogP contribution in [0, 0.1) is 0 Å². The molecule has 0 spiro atoms. The van der Waals surface area contributed by atoms with Crippen LogP contribution in [0.5, 0.6) is 5.88 Å². The fourth-order valence-corrected chi connectivity index (χ4v) is 3.37. The lowest BCUT2D eigenvalue weighted by Gasteiger charge is -2.27. The van der Waals surface area contributed by atoms with Crippen LogP contribution in [0.25, 0.3) is 5.69 Å². The van der Waals surface area contributed by atoms with Gasteiger partial charge < -0.3 is 4.74 Å². The average molecular weight is 334 g/mol. The molecule has 5 nitrogen and oxygen atoms in total. The molecule has 0 N–H and O–H groups in total. The minimum Gasteiger partial charge on any atom is -0.477 e. The molecule has 0 saturated carbocycles. The highest BCUT2D eigenvalue weighted by atomic mass is 16.5. The summed E-state index contributed by atoms with van der Waals surface area (Å²) in [6, 6.07) is 14.6. The lowest BCUT2D eigenvalue weighted by Crippen LogP contribution is -2.30. The molecule has 1 aromatic carbocycles. The number of hydrogen-bond acceptors (Lipinski definition) is 4. The molecule has 1 aliphatic rings. The van der Waals surface area contributed by atoms with Crippen LogP contribution in [0.4, 0.5) is 0 Å². The molecular formula is C20H22N4O. The third-order valence-electron chi connectivity index (χ3n) is 4.54. The van der Waals surface area contributed by atoms with E-state index in [1.165, 1.54) is 16.8 Å². The molecule has 128 valence electrons. The highest BCUT2D eigenvalue weighted by Gasteiger charge is 2.26. The summed E-state index contributed by atoms with van der Waals surface area (Å²) in [5.41, 5.74) is 4.83. The Balaban J connectivity index is 1.63. The van der Waals surface area contributed by atoms with E-state index < -0.39 is 0 Å². The Kier molecular flexibility index (Phi) is 4.48. The van der Waals surface area contributed by atoms with E-state index >= 15 is 0 Å². The van der Waals surface area contributed by atoms with Gasteiger partial charge in [0.1, 0.15) is 0 Å². The van der Waals surface area contributed by atoms with Crippen LogP contribution in [-0.2, 0) is 19.5 Å². The SMILES string of the molecule is CCOc1nn(-c2ccncc2)c2c1CN(Cc1ccccc1)CC2. The van der Waals surface area contributed by atoms with Gasteiger partial charge in [-0.05, 0) is 24.6 Å². The summed E-state index contributed by atoms with van der Waals surface area (Å²) in [7, 11) is 0. The Morgan fingerprint density at radius 2 is 1.88 bits per heavy atom. The van der Waals surface area contributed by atoms with Crippen molar-refractivity contribution in [1.29, 1.82) is 0 Å². The molecule has 0 saturated heterocycles. The second-order valence-electron chi connectivity index (χ2n) is 6.23. The van der Waals surface area contributed by atoms with Crippen molar-refractivity contribution in [2.24, 2.45) is 0 Å². The zero-order valence-corrected chi connectivity index (χ0v) is 14.4. The quantitative estimate of drug-likeness (QED) is 0.718. The van der Waals surface area contributed by atoms with Crippen molar-refractivity contribution in [2.75, 3.05) is 13.2 Å². The van der Waals surface area contributed by atoms with E-state index in [0.717, 1.165) is 37.6 Å². The molecule has 3 heterocycles. The molecule has 0 atom stereocenters. The van der Waals surface area contributed by atoms with Crippen molar-refractivity contribution in [3.05, 3.63) is 71.7 Å². The smallest absolute Gasteiger partial charge is 0.238 e. The molecule has 0 radical (unpaired) electrons. The van der Waals surface area contributed by atoms with Crippen molar-refractivity contribution in [3.63, 3.8) is 0 Å². The fraction of sp³-hybridized carbons (Fsp3) is 0.300. The molecule has 3 aromatic rings. The molecule has 0 aliphatic carbocycles. The summed E-state index contributed by atoms with van der Waals surface area (Å²) in [6.07, 6.45) is 4.56. The van der Waals surface area contributed by atoms with Gasteiger partial charge in [0.25, 0.3) is 0 Å². The zero-order valence-electron chi connectivity index (χ0n) is 14.4. The first-order valence-electron chi connectivity index (χ1n) is 8.75. The fourth-order valence-electron chi connectivity index (χ4n) is 3.37. The van der Waals surface area contributed by atoms with E-state index in [1.54, 1.807) is 12.4 Å². The van der Waals surface area contributed by atoms with Crippen LogP contribution in [0.2, 0.25) is 0 Å². The zero-order chi connectivity index (χ0) is 17.1. The number of aromatic nitrogens is 3. The van der Waals surface area contributed by atoms with Gasteiger partial charge in [-0.15, -0.1) is 5.10 Å². The van der Waals surface area contributed by atoms with Crippen molar-refractivity contribution < 1.29 is 4.74 Å². The van der Waals surface area contributed by atoms with Crippen LogP contribution in [-0.4, -0.2) is 32.8 Å². The van der Waals surface area contributed by atoms with Gasteiger partial charge in [0.15, 0.2) is 0 Å². The number of ether oxygens (including phenoxy) is 1.